The summed E-state index contributed by atoms with van der Waals surface area (Å²) in [5.41, 5.74) is 1.21. The zero-order chi connectivity index (χ0) is 11.0. The lowest BCUT2D eigenvalue weighted by atomic mass is 10.1. The van der Waals surface area contributed by atoms with Gasteiger partial charge in [-0.2, -0.15) is 0 Å². The summed E-state index contributed by atoms with van der Waals surface area (Å²) in [6.07, 6.45) is 0.409. The first-order valence-corrected chi connectivity index (χ1v) is 4.74. The highest BCUT2D eigenvalue weighted by Crippen LogP contribution is 2.00. The molecule has 0 bridgehead atoms. The Hall–Kier alpha value is -0.480. The van der Waals surface area contributed by atoms with Crippen LogP contribution in [0.5, 0.6) is 0 Å². The molecule has 0 aromatic rings. The van der Waals surface area contributed by atoms with Crippen LogP contribution in [0.25, 0.3) is 0 Å². The van der Waals surface area contributed by atoms with Gasteiger partial charge in [0.2, 0.25) is 0 Å². The van der Waals surface area contributed by atoms with E-state index >= 15 is 0 Å². The second-order valence-electron chi connectivity index (χ2n) is 3.39. The van der Waals surface area contributed by atoms with E-state index in [4.69, 9.17) is 4.74 Å². The smallest absolute Gasteiger partial charge is 0.261 e. The van der Waals surface area contributed by atoms with E-state index in [2.05, 4.69) is 11.4 Å². The number of alkyl halides is 2. The summed E-state index contributed by atoms with van der Waals surface area (Å²) >= 11 is 0. The Bertz CT molecular complexity index is 168. The van der Waals surface area contributed by atoms with Gasteiger partial charge in [-0.15, -0.1) is 0 Å². The number of ether oxygens (including phenoxy) is 1. The molecule has 0 aromatic heterocycles. The lowest BCUT2D eigenvalue weighted by Gasteiger charge is -2.12. The first-order valence-electron chi connectivity index (χ1n) is 4.74. The van der Waals surface area contributed by atoms with Crippen molar-refractivity contribution in [2.24, 2.45) is 0 Å². The summed E-state index contributed by atoms with van der Waals surface area (Å²) in [5, 5.41) is 3.08. The third-order valence-electron chi connectivity index (χ3n) is 1.72. The number of allylic oxidation sites excluding steroid dienone is 1. The summed E-state index contributed by atoms with van der Waals surface area (Å²) in [6, 6.07) is 0.206. The van der Waals surface area contributed by atoms with E-state index in [9.17, 15) is 8.78 Å². The molecule has 1 atom stereocenters. The molecule has 0 saturated carbocycles. The normalized spacial score (nSPS) is 13.0. The largest absolute Gasteiger partial charge is 0.375 e. The molecule has 2 nitrogen and oxygen atoms in total. The lowest BCUT2D eigenvalue weighted by molar-refractivity contribution is 0.0155. The number of nitrogens with one attached hydrogen (secondary N) is 1. The highest BCUT2D eigenvalue weighted by molar-refractivity contribution is 5.00. The van der Waals surface area contributed by atoms with Crippen LogP contribution in [0.2, 0.25) is 0 Å². The summed E-state index contributed by atoms with van der Waals surface area (Å²) in [7, 11) is 1.84. The molecule has 14 heavy (non-hydrogen) atoms. The summed E-state index contributed by atoms with van der Waals surface area (Å²) in [5.74, 6) is 0. The number of likely N-dealkylation sites (N-methyl/N-ethyl adjacent to an activating group) is 1. The second-order valence-corrected chi connectivity index (χ2v) is 3.39. The maximum atomic E-state index is 11.7. The fourth-order valence-electron chi connectivity index (χ4n) is 1.10. The fourth-order valence-corrected chi connectivity index (χ4v) is 1.10. The van der Waals surface area contributed by atoms with E-state index in [1.807, 2.05) is 20.9 Å². The highest BCUT2D eigenvalue weighted by Gasteiger charge is 2.04. The maximum absolute atomic E-state index is 11.7. The van der Waals surface area contributed by atoms with Crippen LogP contribution >= 0.6 is 0 Å². The van der Waals surface area contributed by atoms with Gasteiger partial charge in [0.05, 0.1) is 0 Å². The van der Waals surface area contributed by atoms with E-state index in [0.717, 1.165) is 0 Å². The van der Waals surface area contributed by atoms with E-state index in [1.54, 1.807) is 0 Å². The monoisotopic (exact) mass is 207 g/mol. The predicted octanol–water partition coefficient (Wildman–Crippen LogP) is 2.21. The first-order chi connectivity index (χ1) is 6.56. The fraction of sp³-hybridized carbons (Fsp3) is 0.800. The Morgan fingerprint density at radius 2 is 2.07 bits per heavy atom. The average molecular weight is 207 g/mol. The van der Waals surface area contributed by atoms with Crippen LogP contribution in [0, 0.1) is 0 Å². The molecule has 84 valence electrons. The highest BCUT2D eigenvalue weighted by atomic mass is 19.3. The van der Waals surface area contributed by atoms with Crippen molar-refractivity contribution in [3.05, 3.63) is 11.6 Å². The van der Waals surface area contributed by atoms with Crippen molar-refractivity contribution in [1.82, 2.24) is 5.32 Å². The molecule has 0 rings (SSSR count). The van der Waals surface area contributed by atoms with E-state index < -0.39 is 13.0 Å². The molecule has 0 aliphatic carbocycles. The van der Waals surface area contributed by atoms with Gasteiger partial charge in [0.25, 0.3) is 6.43 Å². The Morgan fingerprint density at radius 1 is 1.43 bits per heavy atom. The minimum Gasteiger partial charge on any atom is -0.375 e. The van der Waals surface area contributed by atoms with Crippen LogP contribution in [-0.4, -0.2) is 32.7 Å². The standard InChI is InChI=1S/C10H19F2NO/c1-8(2)6-9(13-3)4-5-14-7-10(11)12/h6,9-10,13H,4-5,7H2,1-3H3. The van der Waals surface area contributed by atoms with Gasteiger partial charge in [-0.05, 0) is 27.3 Å². The van der Waals surface area contributed by atoms with Crippen molar-refractivity contribution >= 4 is 0 Å². The molecule has 0 fully saturated rings. The molecule has 1 N–H and O–H groups in total. The molecule has 0 saturated heterocycles. The topological polar surface area (TPSA) is 21.3 Å². The Kier molecular flexibility index (Phi) is 7.61. The molecule has 0 aliphatic rings. The van der Waals surface area contributed by atoms with Gasteiger partial charge >= 0.3 is 0 Å². The third-order valence-corrected chi connectivity index (χ3v) is 1.72. The van der Waals surface area contributed by atoms with Crippen molar-refractivity contribution < 1.29 is 13.5 Å². The van der Waals surface area contributed by atoms with Gasteiger partial charge in [0.1, 0.15) is 6.61 Å². The summed E-state index contributed by atoms with van der Waals surface area (Å²) < 4.78 is 28.2. The number of hydrogen-bond acceptors (Lipinski definition) is 2. The van der Waals surface area contributed by atoms with Gasteiger partial charge in [0.15, 0.2) is 0 Å². The minimum absolute atomic E-state index is 0.206. The molecule has 0 radical (unpaired) electrons. The predicted molar refractivity (Wildman–Crippen MR) is 53.7 cm³/mol. The van der Waals surface area contributed by atoms with Gasteiger partial charge < -0.3 is 10.1 Å². The van der Waals surface area contributed by atoms with Crippen LogP contribution in [0.3, 0.4) is 0 Å². The molecule has 4 heteroatoms. The molecular formula is C10H19F2NO. The average Bonchev–Trinajstić information content (AvgIpc) is 2.09. The molecule has 0 aromatic carbocycles. The summed E-state index contributed by atoms with van der Waals surface area (Å²) in [4.78, 5) is 0. The van der Waals surface area contributed by atoms with Crippen LogP contribution in [0.4, 0.5) is 8.78 Å². The van der Waals surface area contributed by atoms with Crippen molar-refractivity contribution in [3.63, 3.8) is 0 Å². The zero-order valence-electron chi connectivity index (χ0n) is 9.02. The molecular weight excluding hydrogens is 188 g/mol. The van der Waals surface area contributed by atoms with Crippen LogP contribution in [-0.2, 0) is 4.74 Å². The van der Waals surface area contributed by atoms with E-state index in [-0.39, 0.29) is 6.04 Å². The van der Waals surface area contributed by atoms with Crippen LogP contribution < -0.4 is 5.32 Å². The van der Waals surface area contributed by atoms with Crippen molar-refractivity contribution in [2.75, 3.05) is 20.3 Å². The molecule has 0 spiro atoms. The molecule has 1 unspecified atom stereocenters. The van der Waals surface area contributed by atoms with Gasteiger partial charge in [0, 0.05) is 12.6 Å². The Balaban J connectivity index is 3.58. The summed E-state index contributed by atoms with van der Waals surface area (Å²) in [6.45, 7) is 3.90. The van der Waals surface area contributed by atoms with Crippen molar-refractivity contribution in [3.8, 4) is 0 Å². The van der Waals surface area contributed by atoms with Crippen LogP contribution in [0.1, 0.15) is 20.3 Å². The lowest BCUT2D eigenvalue weighted by Crippen LogP contribution is -2.25. The number of halogens is 2. The minimum atomic E-state index is -2.37. The molecule has 0 amide bonds. The number of rotatable bonds is 7. The van der Waals surface area contributed by atoms with Crippen LogP contribution in [0.15, 0.2) is 11.6 Å². The SMILES string of the molecule is CNC(C=C(C)C)CCOCC(F)F. The zero-order valence-corrected chi connectivity index (χ0v) is 9.02. The van der Waals surface area contributed by atoms with E-state index in [0.29, 0.717) is 13.0 Å². The Morgan fingerprint density at radius 3 is 2.50 bits per heavy atom. The third kappa shape index (κ3) is 8.13. The van der Waals surface area contributed by atoms with Crippen molar-refractivity contribution in [2.45, 2.75) is 32.7 Å². The van der Waals surface area contributed by atoms with Gasteiger partial charge in [-0.25, -0.2) is 8.78 Å². The van der Waals surface area contributed by atoms with Gasteiger partial charge in [-0.1, -0.05) is 11.6 Å². The van der Waals surface area contributed by atoms with Crippen molar-refractivity contribution in [1.29, 1.82) is 0 Å². The first kappa shape index (κ1) is 13.5. The Labute approximate surface area is 84.3 Å². The second kappa shape index (κ2) is 7.88. The quantitative estimate of drug-likeness (QED) is 0.510. The number of hydrogen-bond donors (Lipinski definition) is 1. The van der Waals surface area contributed by atoms with E-state index in [1.165, 1.54) is 5.57 Å². The van der Waals surface area contributed by atoms with Gasteiger partial charge in [-0.3, -0.25) is 0 Å². The maximum Gasteiger partial charge on any atom is 0.261 e. The molecule has 0 aliphatic heterocycles. The molecule has 0 heterocycles.